The van der Waals surface area contributed by atoms with Crippen molar-refractivity contribution in [2.45, 2.75) is 32.7 Å². The highest BCUT2D eigenvalue weighted by Gasteiger charge is 2.18. The maximum Gasteiger partial charge on any atom is 0.222 e. The minimum atomic E-state index is 0. The van der Waals surface area contributed by atoms with E-state index in [1.807, 2.05) is 29.6 Å². The van der Waals surface area contributed by atoms with Gasteiger partial charge in [-0.15, -0.1) is 24.0 Å². The van der Waals surface area contributed by atoms with E-state index in [4.69, 9.17) is 0 Å². The van der Waals surface area contributed by atoms with Crippen LogP contribution in [0.4, 0.5) is 0 Å². The highest BCUT2D eigenvalue weighted by Crippen LogP contribution is 2.09. The maximum atomic E-state index is 11.5. The van der Waals surface area contributed by atoms with Gasteiger partial charge in [0.15, 0.2) is 5.96 Å². The van der Waals surface area contributed by atoms with Crippen LogP contribution in [0.1, 0.15) is 31.9 Å². The van der Waals surface area contributed by atoms with E-state index in [2.05, 4.69) is 20.7 Å². The Labute approximate surface area is 154 Å². The zero-order valence-electron chi connectivity index (χ0n) is 13.9. The van der Waals surface area contributed by atoms with Gasteiger partial charge in [0.1, 0.15) is 0 Å². The van der Waals surface area contributed by atoms with E-state index in [-0.39, 0.29) is 29.9 Å². The second-order valence-electron chi connectivity index (χ2n) is 5.41. The van der Waals surface area contributed by atoms with Crippen molar-refractivity contribution in [3.63, 3.8) is 0 Å². The monoisotopic (exact) mass is 434 g/mol. The molecule has 0 radical (unpaired) electrons. The number of likely N-dealkylation sites (tertiary alicyclic amines) is 1. The van der Waals surface area contributed by atoms with E-state index in [1.54, 1.807) is 6.20 Å². The second-order valence-corrected chi connectivity index (χ2v) is 5.41. The third-order valence-electron chi connectivity index (χ3n) is 3.73. The molecule has 7 nitrogen and oxygen atoms in total. The van der Waals surface area contributed by atoms with Gasteiger partial charge in [0.2, 0.25) is 5.91 Å². The molecule has 2 rings (SSSR count). The summed E-state index contributed by atoms with van der Waals surface area (Å²) in [6.07, 6.45) is 4.42. The van der Waals surface area contributed by atoms with Crippen molar-refractivity contribution in [2.24, 2.45) is 12.0 Å². The summed E-state index contributed by atoms with van der Waals surface area (Å²) in [7, 11) is 1.91. The summed E-state index contributed by atoms with van der Waals surface area (Å²) < 4.78 is 1.83. The van der Waals surface area contributed by atoms with E-state index in [0.29, 0.717) is 13.0 Å². The predicted octanol–water partition coefficient (Wildman–Crippen LogP) is 1.11. The molecular formula is C15H27IN6O. The number of aryl methyl sites for hydroxylation is 1. The van der Waals surface area contributed by atoms with Crippen LogP contribution in [0.5, 0.6) is 0 Å². The van der Waals surface area contributed by atoms with Crippen LogP contribution in [0.25, 0.3) is 0 Å². The number of guanidine groups is 1. The minimum Gasteiger partial charge on any atom is -0.357 e. The molecule has 23 heavy (non-hydrogen) atoms. The van der Waals surface area contributed by atoms with Gasteiger partial charge < -0.3 is 15.5 Å². The summed E-state index contributed by atoms with van der Waals surface area (Å²) in [5.41, 5.74) is 1.07. The molecule has 0 atom stereocenters. The van der Waals surface area contributed by atoms with Crippen molar-refractivity contribution < 1.29 is 4.79 Å². The number of aliphatic imine (C=N–C) groups is 1. The fourth-order valence-corrected chi connectivity index (χ4v) is 2.48. The molecule has 0 aliphatic carbocycles. The quantitative estimate of drug-likeness (QED) is 0.292. The molecule has 1 saturated heterocycles. The number of nitrogens with zero attached hydrogens (tertiary/aromatic N) is 4. The molecule has 0 unspecified atom stereocenters. The second kappa shape index (κ2) is 10.5. The van der Waals surface area contributed by atoms with Crippen molar-refractivity contribution in [3.8, 4) is 0 Å². The Kier molecular flexibility index (Phi) is 8.97. The third-order valence-corrected chi connectivity index (χ3v) is 3.73. The van der Waals surface area contributed by atoms with E-state index >= 15 is 0 Å². The Hall–Kier alpha value is -1.32. The Balaban J connectivity index is 0.00000264. The molecular weight excluding hydrogens is 407 g/mol. The third kappa shape index (κ3) is 6.36. The SMILES string of the molecule is CCNC(=NCc1ccnn1C)NCCCN1CCCC1=O.I. The zero-order chi connectivity index (χ0) is 15.8. The van der Waals surface area contributed by atoms with Crippen LogP contribution in [0, 0.1) is 0 Å². The average Bonchev–Trinajstić information content (AvgIpc) is 3.09. The molecule has 0 aromatic carbocycles. The maximum absolute atomic E-state index is 11.5. The summed E-state index contributed by atoms with van der Waals surface area (Å²) >= 11 is 0. The molecule has 2 heterocycles. The average molecular weight is 434 g/mol. The van der Waals surface area contributed by atoms with Crippen molar-refractivity contribution in [2.75, 3.05) is 26.2 Å². The van der Waals surface area contributed by atoms with Gasteiger partial charge in [-0.05, 0) is 25.8 Å². The van der Waals surface area contributed by atoms with Crippen LogP contribution in [0.2, 0.25) is 0 Å². The summed E-state index contributed by atoms with van der Waals surface area (Å²) in [5, 5.41) is 10.7. The van der Waals surface area contributed by atoms with E-state index in [0.717, 1.165) is 50.7 Å². The van der Waals surface area contributed by atoms with Gasteiger partial charge in [0, 0.05) is 45.8 Å². The molecule has 1 amide bonds. The van der Waals surface area contributed by atoms with E-state index in [1.165, 1.54) is 0 Å². The highest BCUT2D eigenvalue weighted by molar-refractivity contribution is 14.0. The Morgan fingerprint density at radius 2 is 2.26 bits per heavy atom. The summed E-state index contributed by atoms with van der Waals surface area (Å²) in [5.74, 6) is 1.09. The standard InChI is InChI=1S/C15H26N6O.HI/c1-3-16-15(18-12-13-7-9-19-20(13)2)17-8-5-11-21-10-4-6-14(21)22;/h7,9H,3-6,8,10-12H2,1-2H3,(H2,16,17,18);1H. The topological polar surface area (TPSA) is 74.6 Å². The number of halogens is 1. The van der Waals surface area contributed by atoms with Gasteiger partial charge in [-0.3, -0.25) is 9.48 Å². The Morgan fingerprint density at radius 3 is 2.87 bits per heavy atom. The summed E-state index contributed by atoms with van der Waals surface area (Å²) in [6.45, 7) is 6.00. The number of amides is 1. The molecule has 8 heteroatoms. The molecule has 1 aromatic heterocycles. The van der Waals surface area contributed by atoms with Gasteiger partial charge in [-0.1, -0.05) is 0 Å². The van der Waals surface area contributed by atoms with Crippen LogP contribution in [-0.4, -0.2) is 52.7 Å². The number of hydrogen-bond acceptors (Lipinski definition) is 3. The number of aromatic nitrogens is 2. The number of hydrogen-bond donors (Lipinski definition) is 2. The molecule has 1 aromatic rings. The first-order valence-electron chi connectivity index (χ1n) is 7.97. The minimum absolute atomic E-state index is 0. The molecule has 1 aliphatic heterocycles. The van der Waals surface area contributed by atoms with Gasteiger partial charge in [0.05, 0.1) is 12.2 Å². The van der Waals surface area contributed by atoms with Crippen molar-refractivity contribution in [1.82, 2.24) is 25.3 Å². The van der Waals surface area contributed by atoms with Crippen LogP contribution in [0.15, 0.2) is 17.3 Å². The lowest BCUT2D eigenvalue weighted by molar-refractivity contribution is -0.127. The Morgan fingerprint density at radius 1 is 1.43 bits per heavy atom. The normalized spacial score (nSPS) is 14.8. The smallest absolute Gasteiger partial charge is 0.222 e. The molecule has 0 saturated carbocycles. The van der Waals surface area contributed by atoms with Crippen LogP contribution < -0.4 is 10.6 Å². The predicted molar refractivity (Wildman–Crippen MR) is 102 cm³/mol. The van der Waals surface area contributed by atoms with Gasteiger partial charge in [0.25, 0.3) is 0 Å². The van der Waals surface area contributed by atoms with Gasteiger partial charge >= 0.3 is 0 Å². The van der Waals surface area contributed by atoms with Crippen LogP contribution >= 0.6 is 24.0 Å². The molecule has 130 valence electrons. The molecule has 0 bridgehead atoms. The van der Waals surface area contributed by atoms with E-state index < -0.39 is 0 Å². The number of carbonyl (C=O) groups excluding carboxylic acids is 1. The highest BCUT2D eigenvalue weighted by atomic mass is 127. The Bertz CT molecular complexity index is 516. The largest absolute Gasteiger partial charge is 0.357 e. The van der Waals surface area contributed by atoms with E-state index in [9.17, 15) is 4.79 Å². The van der Waals surface area contributed by atoms with Gasteiger partial charge in [-0.25, -0.2) is 4.99 Å². The van der Waals surface area contributed by atoms with Crippen LogP contribution in [0.3, 0.4) is 0 Å². The molecule has 1 aliphatic rings. The summed E-state index contributed by atoms with van der Waals surface area (Å²) in [6, 6.07) is 1.96. The zero-order valence-corrected chi connectivity index (χ0v) is 16.2. The van der Waals surface area contributed by atoms with Crippen molar-refractivity contribution in [1.29, 1.82) is 0 Å². The van der Waals surface area contributed by atoms with Gasteiger partial charge in [-0.2, -0.15) is 5.10 Å². The first-order valence-corrected chi connectivity index (χ1v) is 7.97. The van der Waals surface area contributed by atoms with Crippen molar-refractivity contribution in [3.05, 3.63) is 18.0 Å². The van der Waals surface area contributed by atoms with Crippen molar-refractivity contribution >= 4 is 35.8 Å². The lowest BCUT2D eigenvalue weighted by Gasteiger charge is -2.16. The van der Waals surface area contributed by atoms with Crippen LogP contribution in [-0.2, 0) is 18.4 Å². The number of rotatable bonds is 7. The first kappa shape index (κ1) is 19.7. The molecule has 2 N–H and O–H groups in total. The number of carbonyl (C=O) groups is 1. The molecule has 0 spiro atoms. The molecule has 1 fully saturated rings. The first-order chi connectivity index (χ1) is 10.7. The summed E-state index contributed by atoms with van der Waals surface area (Å²) in [4.78, 5) is 18.0. The fourth-order valence-electron chi connectivity index (χ4n) is 2.48. The number of nitrogens with one attached hydrogen (secondary N) is 2. The lowest BCUT2D eigenvalue weighted by atomic mass is 10.4. The fraction of sp³-hybridized carbons (Fsp3) is 0.667. The lowest BCUT2D eigenvalue weighted by Crippen LogP contribution is -2.39.